The third-order valence-corrected chi connectivity index (χ3v) is 5.54. The standard InChI is InChI=1S/C23H34O9Si/c1-22(2,3)31-20(24)17-18(14-11-15(26-4)19(28-6)16(12-14)27-5)30-13-23(17,21(25)29-7)32-33(8,9)10/h11-12H,13H2,1-10H3. The monoisotopic (exact) mass is 482 g/mol. The van der Waals surface area contributed by atoms with Gasteiger partial charge in [0.1, 0.15) is 23.5 Å². The van der Waals surface area contributed by atoms with Crippen molar-refractivity contribution in [2.75, 3.05) is 35.0 Å². The number of hydrogen-bond donors (Lipinski definition) is 0. The fourth-order valence-electron chi connectivity index (χ4n) is 3.50. The van der Waals surface area contributed by atoms with Crippen LogP contribution in [-0.4, -0.2) is 66.5 Å². The third kappa shape index (κ3) is 5.62. The third-order valence-electron chi connectivity index (χ3n) is 4.58. The fraction of sp³-hybridized carbons (Fsp3) is 0.565. The first-order valence-corrected chi connectivity index (χ1v) is 13.8. The molecule has 9 nitrogen and oxygen atoms in total. The lowest BCUT2D eigenvalue weighted by atomic mass is 9.93. The number of rotatable bonds is 8. The van der Waals surface area contributed by atoms with Gasteiger partial charge in [-0.2, -0.15) is 0 Å². The molecule has 1 unspecified atom stereocenters. The second kappa shape index (κ2) is 9.64. The lowest BCUT2D eigenvalue weighted by Gasteiger charge is -2.34. The minimum atomic E-state index is -2.39. The van der Waals surface area contributed by atoms with E-state index in [2.05, 4.69) is 0 Å². The molecule has 0 aromatic heterocycles. The quantitative estimate of drug-likeness (QED) is 0.407. The Balaban J connectivity index is 2.87. The van der Waals surface area contributed by atoms with Crippen LogP contribution in [0.1, 0.15) is 26.3 Å². The zero-order chi connectivity index (χ0) is 25.2. The van der Waals surface area contributed by atoms with E-state index >= 15 is 0 Å². The molecule has 10 heteroatoms. The van der Waals surface area contributed by atoms with Crippen molar-refractivity contribution in [3.8, 4) is 17.2 Å². The predicted octanol–water partition coefficient (Wildman–Crippen LogP) is 3.56. The maximum Gasteiger partial charge on any atom is 0.345 e. The van der Waals surface area contributed by atoms with Crippen LogP contribution in [0.2, 0.25) is 19.6 Å². The number of carbonyl (C=O) groups excluding carboxylic acids is 2. The summed E-state index contributed by atoms with van der Waals surface area (Å²) in [6.07, 6.45) is 0. The van der Waals surface area contributed by atoms with Gasteiger partial charge >= 0.3 is 11.9 Å². The van der Waals surface area contributed by atoms with Gasteiger partial charge in [-0.1, -0.05) is 0 Å². The van der Waals surface area contributed by atoms with E-state index in [-0.39, 0.29) is 17.9 Å². The van der Waals surface area contributed by atoms with Gasteiger partial charge in [-0.05, 0) is 52.5 Å². The Morgan fingerprint density at radius 1 is 0.970 bits per heavy atom. The zero-order valence-electron chi connectivity index (χ0n) is 21.0. The van der Waals surface area contributed by atoms with Crippen molar-refractivity contribution in [3.63, 3.8) is 0 Å². The first-order chi connectivity index (χ1) is 15.2. The van der Waals surface area contributed by atoms with Crippen LogP contribution in [0, 0.1) is 0 Å². The summed E-state index contributed by atoms with van der Waals surface area (Å²) >= 11 is 0. The molecule has 0 saturated heterocycles. The molecule has 1 heterocycles. The van der Waals surface area contributed by atoms with E-state index in [0.29, 0.717) is 22.8 Å². The molecule has 1 aliphatic heterocycles. The summed E-state index contributed by atoms with van der Waals surface area (Å²) < 4.78 is 39.3. The van der Waals surface area contributed by atoms with E-state index in [4.69, 9.17) is 32.8 Å². The van der Waals surface area contributed by atoms with Crippen LogP contribution in [0.5, 0.6) is 17.2 Å². The van der Waals surface area contributed by atoms with E-state index in [0.717, 1.165) is 0 Å². The molecule has 0 bridgehead atoms. The second-order valence-corrected chi connectivity index (χ2v) is 13.9. The highest BCUT2D eigenvalue weighted by Crippen LogP contribution is 2.46. The van der Waals surface area contributed by atoms with Crippen molar-refractivity contribution in [1.29, 1.82) is 0 Å². The molecule has 2 rings (SSSR count). The molecule has 0 saturated carbocycles. The van der Waals surface area contributed by atoms with E-state index in [9.17, 15) is 9.59 Å². The number of esters is 2. The topological polar surface area (TPSA) is 98.8 Å². The van der Waals surface area contributed by atoms with E-state index in [1.807, 2.05) is 19.6 Å². The summed E-state index contributed by atoms with van der Waals surface area (Å²) in [6.45, 7) is 10.7. The summed E-state index contributed by atoms with van der Waals surface area (Å²) in [7, 11) is 3.29. The van der Waals surface area contributed by atoms with Gasteiger partial charge in [0, 0.05) is 5.56 Å². The molecule has 0 N–H and O–H groups in total. The fourth-order valence-corrected chi connectivity index (χ4v) is 4.79. The number of hydrogen-bond acceptors (Lipinski definition) is 9. The maximum absolute atomic E-state index is 13.5. The lowest BCUT2D eigenvalue weighted by molar-refractivity contribution is -0.164. The second-order valence-electron chi connectivity index (χ2n) is 9.44. The van der Waals surface area contributed by atoms with E-state index in [1.54, 1.807) is 32.9 Å². The highest BCUT2D eigenvalue weighted by atomic mass is 28.4. The van der Waals surface area contributed by atoms with Gasteiger partial charge in [-0.3, -0.25) is 0 Å². The van der Waals surface area contributed by atoms with Crippen LogP contribution < -0.4 is 14.2 Å². The number of carbonyl (C=O) groups is 2. The van der Waals surface area contributed by atoms with Crippen molar-refractivity contribution in [2.45, 2.75) is 51.6 Å². The van der Waals surface area contributed by atoms with Gasteiger partial charge in [0.05, 0.1) is 28.4 Å². The van der Waals surface area contributed by atoms with Gasteiger partial charge in [0.25, 0.3) is 0 Å². The molecule has 1 aromatic carbocycles. The van der Waals surface area contributed by atoms with Crippen LogP contribution in [0.25, 0.3) is 5.76 Å². The molecule has 0 radical (unpaired) electrons. The average Bonchev–Trinajstić information content (AvgIpc) is 3.09. The molecule has 1 aromatic rings. The summed E-state index contributed by atoms with van der Waals surface area (Å²) in [5.74, 6) is -0.284. The van der Waals surface area contributed by atoms with Crippen molar-refractivity contribution in [1.82, 2.24) is 0 Å². The molecule has 1 atom stereocenters. The minimum absolute atomic E-state index is 0.0685. The molecule has 0 amide bonds. The Kier molecular flexibility index (Phi) is 7.75. The summed E-state index contributed by atoms with van der Waals surface area (Å²) in [6, 6.07) is 3.26. The molecule has 184 valence electrons. The summed E-state index contributed by atoms with van der Waals surface area (Å²) in [4.78, 5) is 26.6. The molecule has 33 heavy (non-hydrogen) atoms. The van der Waals surface area contributed by atoms with Crippen molar-refractivity contribution >= 4 is 26.0 Å². The van der Waals surface area contributed by atoms with Gasteiger partial charge in [0.2, 0.25) is 11.4 Å². The number of ether oxygens (including phenoxy) is 6. The van der Waals surface area contributed by atoms with Crippen LogP contribution in [0.15, 0.2) is 17.7 Å². The number of methoxy groups -OCH3 is 4. The Morgan fingerprint density at radius 2 is 1.52 bits per heavy atom. The summed E-state index contributed by atoms with van der Waals surface area (Å²) in [5.41, 5.74) is -2.25. The number of benzene rings is 1. The van der Waals surface area contributed by atoms with Gasteiger partial charge in [-0.15, -0.1) is 0 Å². The molecular formula is C23H34O9Si. The van der Waals surface area contributed by atoms with Crippen LogP contribution in [-0.2, 0) is 28.2 Å². The first kappa shape index (κ1) is 26.5. The van der Waals surface area contributed by atoms with E-state index < -0.39 is 31.5 Å². The Labute approximate surface area is 196 Å². The highest BCUT2D eigenvalue weighted by Gasteiger charge is 2.57. The Morgan fingerprint density at radius 3 is 1.91 bits per heavy atom. The van der Waals surface area contributed by atoms with Crippen molar-refractivity contribution in [2.24, 2.45) is 0 Å². The molecule has 0 aliphatic carbocycles. The van der Waals surface area contributed by atoms with Crippen molar-refractivity contribution < 1.29 is 42.4 Å². The normalized spacial score (nSPS) is 18.5. The maximum atomic E-state index is 13.5. The van der Waals surface area contributed by atoms with Gasteiger partial charge in [0.15, 0.2) is 19.8 Å². The first-order valence-electron chi connectivity index (χ1n) is 10.4. The Hall–Kier alpha value is -2.72. The Bertz CT molecular complexity index is 915. The molecule has 0 spiro atoms. The van der Waals surface area contributed by atoms with Crippen molar-refractivity contribution in [3.05, 3.63) is 23.3 Å². The van der Waals surface area contributed by atoms with E-state index in [1.165, 1.54) is 28.4 Å². The SMILES string of the molecule is COC(=O)C1(O[Si](C)(C)C)COC(c2cc(OC)c(OC)c(OC)c2)=C1C(=O)OC(C)(C)C. The molecular weight excluding hydrogens is 448 g/mol. The average molecular weight is 483 g/mol. The van der Waals surface area contributed by atoms with Crippen LogP contribution in [0.4, 0.5) is 0 Å². The highest BCUT2D eigenvalue weighted by molar-refractivity contribution is 6.70. The largest absolute Gasteiger partial charge is 0.493 e. The predicted molar refractivity (Wildman–Crippen MR) is 124 cm³/mol. The lowest BCUT2D eigenvalue weighted by Crippen LogP contribution is -2.53. The van der Waals surface area contributed by atoms with Crippen LogP contribution >= 0.6 is 0 Å². The van der Waals surface area contributed by atoms with Crippen LogP contribution in [0.3, 0.4) is 0 Å². The minimum Gasteiger partial charge on any atom is -0.493 e. The smallest absolute Gasteiger partial charge is 0.345 e. The zero-order valence-corrected chi connectivity index (χ0v) is 22.0. The van der Waals surface area contributed by atoms with Gasteiger partial charge in [-0.25, -0.2) is 9.59 Å². The molecule has 0 fully saturated rings. The molecule has 1 aliphatic rings. The summed E-state index contributed by atoms with van der Waals surface area (Å²) in [5, 5.41) is 0. The van der Waals surface area contributed by atoms with Gasteiger partial charge < -0.3 is 32.8 Å².